The molecule has 1 aromatic rings. The van der Waals surface area contributed by atoms with Gasteiger partial charge in [0, 0.05) is 13.6 Å². The van der Waals surface area contributed by atoms with Crippen molar-refractivity contribution in [1.29, 1.82) is 0 Å². The third-order valence-electron chi connectivity index (χ3n) is 5.09. The molecule has 0 unspecified atom stereocenters. The predicted molar refractivity (Wildman–Crippen MR) is 91.4 cm³/mol. The summed E-state index contributed by atoms with van der Waals surface area (Å²) in [6.07, 6.45) is 3.17. The fraction of sp³-hybridized carbons (Fsp3) is 0.588. The number of imide groups is 1. The number of urea groups is 1. The van der Waals surface area contributed by atoms with Crippen molar-refractivity contribution in [3.63, 3.8) is 0 Å². The fourth-order valence-corrected chi connectivity index (χ4v) is 4.07. The van der Waals surface area contributed by atoms with Crippen molar-refractivity contribution in [2.45, 2.75) is 44.7 Å². The molecule has 1 N–H and O–H groups in total. The minimum atomic E-state index is -0.782. The molecule has 2 heterocycles. The van der Waals surface area contributed by atoms with Gasteiger partial charge >= 0.3 is 6.03 Å². The summed E-state index contributed by atoms with van der Waals surface area (Å²) in [6, 6.07) is 1.52. The summed E-state index contributed by atoms with van der Waals surface area (Å²) in [5, 5.41) is 6.79. The molecule has 2 aliphatic rings. The van der Waals surface area contributed by atoms with Gasteiger partial charge in [0.15, 0.2) is 0 Å². The Morgan fingerprint density at radius 2 is 2.12 bits per heavy atom. The molecule has 4 amide bonds. The van der Waals surface area contributed by atoms with Crippen LogP contribution in [0.5, 0.6) is 0 Å². The van der Waals surface area contributed by atoms with Crippen LogP contribution in [0.4, 0.5) is 4.79 Å². The van der Waals surface area contributed by atoms with Gasteiger partial charge in [-0.05, 0) is 54.0 Å². The van der Waals surface area contributed by atoms with Gasteiger partial charge in [0.05, 0.1) is 0 Å². The highest BCUT2D eigenvalue weighted by Crippen LogP contribution is 2.36. The van der Waals surface area contributed by atoms with Crippen LogP contribution in [0.25, 0.3) is 0 Å². The standard InChI is InChI=1S/C17H23N3O3S/c1-12-3-6-17(7-4-12)15(22)20(16(23)18-17)10-14(21)19(2)9-13-5-8-24-11-13/h5,8,11-12H,3-4,6-7,9-10H2,1-2H3,(H,18,23). The summed E-state index contributed by atoms with van der Waals surface area (Å²) >= 11 is 1.58. The lowest BCUT2D eigenvalue weighted by Gasteiger charge is -2.33. The first-order valence-electron chi connectivity index (χ1n) is 8.30. The summed E-state index contributed by atoms with van der Waals surface area (Å²) in [5.74, 6) is 0.107. The molecule has 7 heteroatoms. The quantitative estimate of drug-likeness (QED) is 0.847. The van der Waals surface area contributed by atoms with E-state index in [4.69, 9.17) is 0 Å². The SMILES string of the molecule is CC1CCC2(CC1)NC(=O)N(CC(=O)N(C)Cc1ccsc1)C2=O. The van der Waals surface area contributed by atoms with Crippen LogP contribution in [0.15, 0.2) is 16.8 Å². The number of nitrogens with one attached hydrogen (secondary N) is 1. The molecular weight excluding hydrogens is 326 g/mol. The molecule has 24 heavy (non-hydrogen) atoms. The van der Waals surface area contributed by atoms with Crippen molar-refractivity contribution in [3.05, 3.63) is 22.4 Å². The molecule has 1 saturated heterocycles. The second-order valence-corrected chi connectivity index (χ2v) is 7.75. The number of hydrogen-bond donors (Lipinski definition) is 1. The highest BCUT2D eigenvalue weighted by molar-refractivity contribution is 7.07. The van der Waals surface area contributed by atoms with E-state index < -0.39 is 11.6 Å². The highest BCUT2D eigenvalue weighted by atomic mass is 32.1. The number of rotatable bonds is 4. The smallest absolute Gasteiger partial charge is 0.325 e. The Labute approximate surface area is 145 Å². The normalized spacial score (nSPS) is 26.8. The number of likely N-dealkylation sites (N-methyl/N-ethyl adjacent to an activating group) is 1. The van der Waals surface area contributed by atoms with Crippen molar-refractivity contribution in [2.24, 2.45) is 5.92 Å². The van der Waals surface area contributed by atoms with Crippen molar-refractivity contribution >= 4 is 29.2 Å². The van der Waals surface area contributed by atoms with Crippen LogP contribution in [-0.2, 0) is 16.1 Å². The Morgan fingerprint density at radius 1 is 1.42 bits per heavy atom. The molecule has 1 aliphatic heterocycles. The Balaban J connectivity index is 1.63. The molecule has 130 valence electrons. The summed E-state index contributed by atoms with van der Waals surface area (Å²) in [5.41, 5.74) is 0.265. The maximum atomic E-state index is 12.7. The van der Waals surface area contributed by atoms with E-state index in [0.29, 0.717) is 25.3 Å². The average molecular weight is 349 g/mol. The average Bonchev–Trinajstić information content (AvgIpc) is 3.13. The van der Waals surface area contributed by atoms with Gasteiger partial charge < -0.3 is 10.2 Å². The Morgan fingerprint density at radius 3 is 2.75 bits per heavy atom. The first kappa shape index (κ1) is 17.0. The summed E-state index contributed by atoms with van der Waals surface area (Å²) in [7, 11) is 1.69. The maximum absolute atomic E-state index is 12.7. The van der Waals surface area contributed by atoms with Crippen LogP contribution in [0.3, 0.4) is 0 Å². The van der Waals surface area contributed by atoms with Gasteiger partial charge in [-0.1, -0.05) is 6.92 Å². The van der Waals surface area contributed by atoms with E-state index in [1.54, 1.807) is 23.3 Å². The molecule has 0 bridgehead atoms. The van der Waals surface area contributed by atoms with Crippen LogP contribution in [0, 0.1) is 5.92 Å². The Hall–Kier alpha value is -1.89. The Kier molecular flexibility index (Phi) is 4.62. The van der Waals surface area contributed by atoms with E-state index in [9.17, 15) is 14.4 Å². The van der Waals surface area contributed by atoms with Crippen molar-refractivity contribution in [3.8, 4) is 0 Å². The molecule has 3 rings (SSSR count). The monoisotopic (exact) mass is 349 g/mol. The van der Waals surface area contributed by atoms with Gasteiger partial charge in [-0.25, -0.2) is 4.79 Å². The molecule has 6 nitrogen and oxygen atoms in total. The molecular formula is C17H23N3O3S. The number of carbonyl (C=O) groups excluding carboxylic acids is 3. The fourth-order valence-electron chi connectivity index (χ4n) is 3.41. The van der Waals surface area contributed by atoms with E-state index in [-0.39, 0.29) is 18.4 Å². The minimum absolute atomic E-state index is 0.192. The van der Waals surface area contributed by atoms with Crippen molar-refractivity contribution < 1.29 is 14.4 Å². The lowest BCUT2D eigenvalue weighted by molar-refractivity contribution is -0.139. The van der Waals surface area contributed by atoms with Crippen LogP contribution in [0.1, 0.15) is 38.2 Å². The van der Waals surface area contributed by atoms with Crippen LogP contribution in [0.2, 0.25) is 0 Å². The van der Waals surface area contributed by atoms with E-state index in [2.05, 4.69) is 12.2 Å². The van der Waals surface area contributed by atoms with E-state index in [0.717, 1.165) is 23.3 Å². The van der Waals surface area contributed by atoms with Gasteiger partial charge in [-0.2, -0.15) is 11.3 Å². The maximum Gasteiger partial charge on any atom is 0.325 e. The molecule has 0 radical (unpaired) electrons. The number of carbonyl (C=O) groups is 3. The zero-order valence-electron chi connectivity index (χ0n) is 14.1. The minimum Gasteiger partial charge on any atom is -0.340 e. The first-order valence-corrected chi connectivity index (χ1v) is 9.25. The van der Waals surface area contributed by atoms with E-state index in [1.165, 1.54) is 0 Å². The second-order valence-electron chi connectivity index (χ2n) is 6.97. The van der Waals surface area contributed by atoms with Crippen LogP contribution < -0.4 is 5.32 Å². The summed E-state index contributed by atoms with van der Waals surface area (Å²) in [6.45, 7) is 2.45. The molecule has 1 aliphatic carbocycles. The molecule has 1 aromatic heterocycles. The van der Waals surface area contributed by atoms with E-state index in [1.807, 2.05) is 16.8 Å². The van der Waals surface area contributed by atoms with Gasteiger partial charge in [0.25, 0.3) is 5.91 Å². The summed E-state index contributed by atoms with van der Waals surface area (Å²) < 4.78 is 0. The summed E-state index contributed by atoms with van der Waals surface area (Å²) in [4.78, 5) is 40.0. The molecule has 2 fully saturated rings. The zero-order chi connectivity index (χ0) is 17.3. The topological polar surface area (TPSA) is 69.7 Å². The predicted octanol–water partition coefficient (Wildman–Crippen LogP) is 2.21. The second kappa shape index (κ2) is 6.55. The number of amides is 4. The first-order chi connectivity index (χ1) is 11.4. The lowest BCUT2D eigenvalue weighted by Crippen LogP contribution is -2.50. The van der Waals surface area contributed by atoms with Gasteiger partial charge in [-0.15, -0.1) is 0 Å². The molecule has 1 spiro atoms. The Bertz CT molecular complexity index is 636. The van der Waals surface area contributed by atoms with Crippen LogP contribution in [-0.4, -0.2) is 46.8 Å². The van der Waals surface area contributed by atoms with Crippen molar-refractivity contribution in [2.75, 3.05) is 13.6 Å². The highest BCUT2D eigenvalue weighted by Gasteiger charge is 2.52. The van der Waals surface area contributed by atoms with E-state index >= 15 is 0 Å². The number of nitrogens with zero attached hydrogens (tertiary/aromatic N) is 2. The largest absolute Gasteiger partial charge is 0.340 e. The van der Waals surface area contributed by atoms with Crippen molar-refractivity contribution in [1.82, 2.24) is 15.1 Å². The molecule has 0 atom stereocenters. The van der Waals surface area contributed by atoms with Gasteiger partial charge in [0.2, 0.25) is 5.91 Å². The third-order valence-corrected chi connectivity index (χ3v) is 5.82. The number of hydrogen-bond acceptors (Lipinski definition) is 4. The van der Waals surface area contributed by atoms with Gasteiger partial charge in [-0.3, -0.25) is 14.5 Å². The molecule has 1 saturated carbocycles. The number of thiophene rings is 1. The third kappa shape index (κ3) is 3.17. The van der Waals surface area contributed by atoms with Gasteiger partial charge in [0.1, 0.15) is 12.1 Å². The molecule has 0 aromatic carbocycles. The lowest BCUT2D eigenvalue weighted by atomic mass is 9.77. The zero-order valence-corrected chi connectivity index (χ0v) is 14.9. The van der Waals surface area contributed by atoms with Crippen LogP contribution >= 0.6 is 11.3 Å².